The van der Waals surface area contributed by atoms with Crippen LogP contribution in [0, 0.1) is 0 Å². The Kier molecular flexibility index (Phi) is 5.20. The van der Waals surface area contributed by atoms with Gasteiger partial charge < -0.3 is 21.3 Å². The maximum atomic E-state index is 13.5. The molecule has 5 rings (SSSR count). The summed E-state index contributed by atoms with van der Waals surface area (Å²) >= 11 is 0. The summed E-state index contributed by atoms with van der Waals surface area (Å²) in [6.07, 6.45) is 1.47. The highest BCUT2D eigenvalue weighted by molar-refractivity contribution is 6.09. The van der Waals surface area contributed by atoms with Crippen LogP contribution < -0.4 is 21.3 Å². The summed E-state index contributed by atoms with van der Waals surface area (Å²) in [6, 6.07) is 25.7. The largest absolute Gasteiger partial charge is 0.398 e. The number of nitrogens with one attached hydrogen (secondary N) is 2. The van der Waals surface area contributed by atoms with Gasteiger partial charge in [-0.1, -0.05) is 42.5 Å². The van der Waals surface area contributed by atoms with Crippen LogP contribution in [-0.4, -0.2) is 16.8 Å². The molecule has 4 N–H and O–H groups in total. The first-order valence-electron chi connectivity index (χ1n) is 10.5. The van der Waals surface area contributed by atoms with Gasteiger partial charge in [0.25, 0.3) is 11.8 Å². The van der Waals surface area contributed by atoms with Crippen molar-refractivity contribution in [3.8, 4) is 0 Å². The number of carbonyl (C=O) groups is 2. The Morgan fingerprint density at radius 2 is 1.61 bits per heavy atom. The van der Waals surface area contributed by atoms with Gasteiger partial charge >= 0.3 is 0 Å². The highest BCUT2D eigenvalue weighted by Gasteiger charge is 2.25. The SMILES string of the molecule is Nc1ccccc1C(=O)Nc1ccc(C(=O)N2Cc3ccccc3Nc3ccccc32)cn1. The second kappa shape index (κ2) is 8.47. The van der Waals surface area contributed by atoms with Crippen LogP contribution in [0.4, 0.5) is 28.6 Å². The molecule has 0 spiro atoms. The minimum atomic E-state index is -0.358. The summed E-state index contributed by atoms with van der Waals surface area (Å²) < 4.78 is 0. The molecule has 7 nitrogen and oxygen atoms in total. The first kappa shape index (κ1) is 20.3. The molecule has 0 saturated carbocycles. The van der Waals surface area contributed by atoms with Crippen molar-refractivity contribution < 1.29 is 9.59 Å². The van der Waals surface area contributed by atoms with Crippen LogP contribution in [-0.2, 0) is 6.54 Å². The van der Waals surface area contributed by atoms with Gasteiger partial charge in [0.1, 0.15) is 5.82 Å². The molecule has 0 aliphatic carbocycles. The smallest absolute Gasteiger partial charge is 0.260 e. The monoisotopic (exact) mass is 435 g/mol. The van der Waals surface area contributed by atoms with Gasteiger partial charge in [-0.25, -0.2) is 4.98 Å². The van der Waals surface area contributed by atoms with E-state index in [1.807, 2.05) is 48.5 Å². The Bertz CT molecular complexity index is 1350. The summed E-state index contributed by atoms with van der Waals surface area (Å²) in [6.45, 7) is 0.421. The molecule has 162 valence electrons. The number of amides is 2. The van der Waals surface area contributed by atoms with E-state index in [1.54, 1.807) is 41.3 Å². The number of hydrogen-bond acceptors (Lipinski definition) is 5. The lowest BCUT2D eigenvalue weighted by Crippen LogP contribution is -2.30. The van der Waals surface area contributed by atoms with E-state index >= 15 is 0 Å². The molecule has 2 heterocycles. The molecule has 0 radical (unpaired) electrons. The molecule has 7 heteroatoms. The molecule has 0 fully saturated rings. The number of hydrogen-bond donors (Lipinski definition) is 3. The zero-order valence-electron chi connectivity index (χ0n) is 17.7. The first-order chi connectivity index (χ1) is 16.1. The predicted octanol–water partition coefficient (Wildman–Crippen LogP) is 4.82. The van der Waals surface area contributed by atoms with Crippen molar-refractivity contribution in [3.05, 3.63) is 108 Å². The molecule has 33 heavy (non-hydrogen) atoms. The van der Waals surface area contributed by atoms with E-state index in [0.29, 0.717) is 29.2 Å². The molecular weight excluding hydrogens is 414 g/mol. The van der Waals surface area contributed by atoms with Gasteiger partial charge in [-0.2, -0.15) is 0 Å². The molecule has 1 aliphatic rings. The van der Waals surface area contributed by atoms with E-state index in [9.17, 15) is 9.59 Å². The Balaban J connectivity index is 1.40. The maximum Gasteiger partial charge on any atom is 0.260 e. The molecular formula is C26H21N5O2. The quantitative estimate of drug-likeness (QED) is 0.401. The molecule has 1 aliphatic heterocycles. The third-order valence-electron chi connectivity index (χ3n) is 5.51. The molecule has 0 bridgehead atoms. The van der Waals surface area contributed by atoms with E-state index in [2.05, 4.69) is 15.6 Å². The molecule has 0 unspecified atom stereocenters. The topological polar surface area (TPSA) is 100 Å². The summed E-state index contributed by atoms with van der Waals surface area (Å²) in [5.74, 6) is -0.203. The lowest BCUT2D eigenvalue weighted by Gasteiger charge is -2.22. The standard InChI is InChI=1S/C26H21N5O2/c27-20-9-3-2-8-19(20)25(32)30-24-14-13-17(15-28-24)26(33)31-16-18-7-1-4-10-21(18)29-22-11-5-6-12-23(22)31/h1-15,29H,16,27H2,(H,28,30,32). The van der Waals surface area contributed by atoms with Crippen LogP contribution in [0.5, 0.6) is 0 Å². The van der Waals surface area contributed by atoms with Crippen LogP contribution >= 0.6 is 0 Å². The Labute approximate surface area is 190 Å². The second-order valence-corrected chi connectivity index (χ2v) is 7.66. The number of benzene rings is 3. The van der Waals surface area contributed by atoms with Gasteiger partial charge in [-0.3, -0.25) is 9.59 Å². The number of nitrogen functional groups attached to an aromatic ring is 1. The zero-order chi connectivity index (χ0) is 22.8. The second-order valence-electron chi connectivity index (χ2n) is 7.66. The van der Waals surface area contributed by atoms with Crippen molar-refractivity contribution in [2.24, 2.45) is 0 Å². The molecule has 3 aromatic carbocycles. The fraction of sp³-hybridized carbons (Fsp3) is 0.0385. The minimum absolute atomic E-state index is 0.182. The van der Waals surface area contributed by atoms with E-state index in [4.69, 9.17) is 5.73 Å². The van der Waals surface area contributed by atoms with Crippen LogP contribution in [0.15, 0.2) is 91.1 Å². The Morgan fingerprint density at radius 1 is 0.879 bits per heavy atom. The van der Waals surface area contributed by atoms with Crippen LogP contribution in [0.3, 0.4) is 0 Å². The normalized spacial score (nSPS) is 12.1. The van der Waals surface area contributed by atoms with Crippen molar-refractivity contribution in [2.75, 3.05) is 21.3 Å². The third kappa shape index (κ3) is 3.99. The summed E-state index contributed by atoms with van der Waals surface area (Å²) in [7, 11) is 0. The van der Waals surface area contributed by atoms with Gasteiger partial charge in [0.05, 0.1) is 29.0 Å². The molecule has 0 saturated heterocycles. The average molecular weight is 435 g/mol. The van der Waals surface area contributed by atoms with Gasteiger partial charge in [-0.05, 0) is 48.0 Å². The number of pyridine rings is 1. The van der Waals surface area contributed by atoms with E-state index in [-0.39, 0.29) is 11.8 Å². The number of nitrogens with two attached hydrogens (primary N) is 1. The predicted molar refractivity (Wildman–Crippen MR) is 130 cm³/mol. The van der Waals surface area contributed by atoms with Gasteiger partial charge in [0.2, 0.25) is 0 Å². The third-order valence-corrected chi connectivity index (χ3v) is 5.51. The lowest BCUT2D eigenvalue weighted by molar-refractivity contribution is 0.0984. The van der Waals surface area contributed by atoms with E-state index in [0.717, 1.165) is 22.6 Å². The van der Waals surface area contributed by atoms with Crippen LogP contribution in [0.2, 0.25) is 0 Å². The number of anilines is 5. The van der Waals surface area contributed by atoms with Crippen LogP contribution in [0.1, 0.15) is 26.3 Å². The van der Waals surface area contributed by atoms with Crippen molar-refractivity contribution in [1.82, 2.24) is 4.98 Å². The molecule has 0 atom stereocenters. The highest BCUT2D eigenvalue weighted by Crippen LogP contribution is 2.36. The van der Waals surface area contributed by atoms with Crippen molar-refractivity contribution >= 4 is 40.4 Å². The minimum Gasteiger partial charge on any atom is -0.398 e. The fourth-order valence-electron chi connectivity index (χ4n) is 3.81. The summed E-state index contributed by atoms with van der Waals surface area (Å²) in [5, 5.41) is 6.14. The summed E-state index contributed by atoms with van der Waals surface area (Å²) in [4.78, 5) is 32.0. The zero-order valence-corrected chi connectivity index (χ0v) is 17.7. The van der Waals surface area contributed by atoms with Gasteiger partial charge in [0, 0.05) is 17.6 Å². The summed E-state index contributed by atoms with van der Waals surface area (Å²) in [5.41, 5.74) is 10.7. The van der Waals surface area contributed by atoms with E-state index in [1.165, 1.54) is 6.20 Å². The van der Waals surface area contributed by atoms with Crippen molar-refractivity contribution in [1.29, 1.82) is 0 Å². The number of rotatable bonds is 3. The molecule has 4 aromatic rings. The first-order valence-corrected chi connectivity index (χ1v) is 10.5. The fourth-order valence-corrected chi connectivity index (χ4v) is 3.81. The van der Waals surface area contributed by atoms with Gasteiger partial charge in [-0.15, -0.1) is 0 Å². The highest BCUT2D eigenvalue weighted by atomic mass is 16.2. The molecule has 1 aromatic heterocycles. The molecule has 2 amide bonds. The van der Waals surface area contributed by atoms with Crippen molar-refractivity contribution in [2.45, 2.75) is 6.54 Å². The maximum absolute atomic E-state index is 13.5. The number of carbonyl (C=O) groups excluding carboxylic acids is 2. The van der Waals surface area contributed by atoms with Gasteiger partial charge in [0.15, 0.2) is 0 Å². The average Bonchev–Trinajstić information content (AvgIpc) is 3.01. The number of nitrogens with zero attached hydrogens (tertiary/aromatic N) is 2. The Hall–Kier alpha value is -4.65. The van der Waals surface area contributed by atoms with Crippen LogP contribution in [0.25, 0.3) is 0 Å². The lowest BCUT2D eigenvalue weighted by atomic mass is 10.1. The number of para-hydroxylation sites is 4. The number of aromatic nitrogens is 1. The van der Waals surface area contributed by atoms with E-state index < -0.39 is 0 Å². The number of fused-ring (bicyclic) bond motifs is 2. The van der Waals surface area contributed by atoms with Crippen molar-refractivity contribution in [3.63, 3.8) is 0 Å². The Morgan fingerprint density at radius 3 is 2.39 bits per heavy atom.